The molecule has 0 bridgehead atoms. The van der Waals surface area contributed by atoms with E-state index in [4.69, 9.17) is 9.15 Å². The zero-order chi connectivity index (χ0) is 37.1. The number of aryl methyl sites for hydroxylation is 2. The number of ketones is 1. The summed E-state index contributed by atoms with van der Waals surface area (Å²) < 4.78 is 136. The average molecular weight is 733 g/mol. The van der Waals surface area contributed by atoms with Crippen LogP contribution in [0.3, 0.4) is 0 Å². The molecular formula is C33H33F9N6O3. The molecule has 0 N–H and O–H groups in total. The van der Waals surface area contributed by atoms with Gasteiger partial charge in [0.2, 0.25) is 0 Å². The van der Waals surface area contributed by atoms with Gasteiger partial charge in [-0.2, -0.15) is 44.3 Å². The number of tetrazole rings is 1. The Bertz CT molecular complexity index is 1770. The quantitative estimate of drug-likeness (QED) is 0.155. The Labute approximate surface area is 285 Å². The maximum atomic E-state index is 14.2. The second kappa shape index (κ2) is 14.9. The number of ether oxygens (including phenoxy) is 1. The number of benzene rings is 2. The number of hydrogen-bond acceptors (Lipinski definition) is 8. The number of anilines is 2. The van der Waals surface area contributed by atoms with E-state index >= 15 is 0 Å². The molecule has 9 nitrogen and oxygen atoms in total. The van der Waals surface area contributed by atoms with Gasteiger partial charge < -0.3 is 19.0 Å². The molecule has 0 radical (unpaired) electrons. The molecule has 276 valence electrons. The van der Waals surface area contributed by atoms with Gasteiger partial charge in [0, 0.05) is 24.8 Å². The van der Waals surface area contributed by atoms with Crippen LogP contribution in [0.2, 0.25) is 0 Å². The van der Waals surface area contributed by atoms with Gasteiger partial charge in [-0.15, -0.1) is 5.10 Å². The number of nitrogens with zero attached hydrogens (tertiary/aromatic N) is 6. The third-order valence-electron chi connectivity index (χ3n) is 8.39. The summed E-state index contributed by atoms with van der Waals surface area (Å²) in [4.78, 5) is 17.1. The number of furan rings is 1. The van der Waals surface area contributed by atoms with E-state index in [1.165, 1.54) is 36.1 Å². The Hall–Kier alpha value is -4.61. The zero-order valence-electron chi connectivity index (χ0n) is 27.4. The van der Waals surface area contributed by atoms with Crippen molar-refractivity contribution >= 4 is 17.4 Å². The molecule has 2 aromatic heterocycles. The molecule has 1 aliphatic heterocycles. The van der Waals surface area contributed by atoms with Gasteiger partial charge >= 0.3 is 18.5 Å². The lowest BCUT2D eigenvalue weighted by atomic mass is 9.94. The van der Waals surface area contributed by atoms with Gasteiger partial charge in [0.15, 0.2) is 5.78 Å². The molecule has 5 rings (SSSR count). The van der Waals surface area contributed by atoms with Crippen LogP contribution in [0.5, 0.6) is 0 Å². The molecule has 0 amide bonds. The SMILES string of the molecule is Cc1cc2c(cc1C(F)(F)F)N(CC(=O)COCc1ccco1)CCCCC(N(Cc1cc(C(F)(F)F)cc(C(F)(F)F)c1)c1nnn(C)n1)C2. The number of carbonyl (C=O) groups excluding carboxylic acids is 1. The van der Waals surface area contributed by atoms with Gasteiger partial charge in [0.05, 0.1) is 36.5 Å². The predicted molar refractivity (Wildman–Crippen MR) is 165 cm³/mol. The van der Waals surface area contributed by atoms with Crippen LogP contribution in [0.15, 0.2) is 53.1 Å². The lowest BCUT2D eigenvalue weighted by molar-refractivity contribution is -0.143. The highest BCUT2D eigenvalue weighted by Gasteiger charge is 2.38. The first-order chi connectivity index (χ1) is 23.9. The van der Waals surface area contributed by atoms with Gasteiger partial charge in [0.25, 0.3) is 5.95 Å². The minimum Gasteiger partial charge on any atom is -0.467 e. The number of hydrogen-bond donors (Lipinski definition) is 0. The molecule has 2 aromatic carbocycles. The second-order valence-corrected chi connectivity index (χ2v) is 12.3. The van der Waals surface area contributed by atoms with Crippen LogP contribution >= 0.6 is 0 Å². The summed E-state index contributed by atoms with van der Waals surface area (Å²) >= 11 is 0. The zero-order valence-corrected chi connectivity index (χ0v) is 27.4. The number of aromatic nitrogens is 4. The number of halogens is 9. The molecule has 1 unspecified atom stereocenters. The van der Waals surface area contributed by atoms with Crippen LogP contribution in [0.4, 0.5) is 51.1 Å². The maximum absolute atomic E-state index is 14.2. The predicted octanol–water partition coefficient (Wildman–Crippen LogP) is 7.56. The topological polar surface area (TPSA) is 89.5 Å². The van der Waals surface area contributed by atoms with E-state index in [-0.39, 0.29) is 61.6 Å². The smallest absolute Gasteiger partial charge is 0.416 e. The van der Waals surface area contributed by atoms with Crippen LogP contribution in [-0.4, -0.2) is 51.7 Å². The molecular weight excluding hydrogens is 699 g/mol. The summed E-state index contributed by atoms with van der Waals surface area (Å²) in [6.07, 6.45) is -12.4. The Kier molecular flexibility index (Phi) is 11.0. The van der Waals surface area contributed by atoms with Crippen LogP contribution in [-0.2, 0) is 54.7 Å². The fourth-order valence-electron chi connectivity index (χ4n) is 6.09. The van der Waals surface area contributed by atoms with Crippen molar-refractivity contribution in [3.63, 3.8) is 0 Å². The van der Waals surface area contributed by atoms with Crippen molar-refractivity contribution < 1.29 is 53.5 Å². The molecule has 0 spiro atoms. The van der Waals surface area contributed by atoms with E-state index in [9.17, 15) is 44.3 Å². The van der Waals surface area contributed by atoms with E-state index < -0.39 is 53.6 Å². The van der Waals surface area contributed by atoms with E-state index in [1.807, 2.05) is 0 Å². The summed E-state index contributed by atoms with van der Waals surface area (Å²) in [7, 11) is 1.43. The lowest BCUT2D eigenvalue weighted by Gasteiger charge is -2.32. The molecule has 1 aliphatic rings. The molecule has 0 aliphatic carbocycles. The third-order valence-corrected chi connectivity index (χ3v) is 8.39. The summed E-state index contributed by atoms with van der Waals surface area (Å²) in [5.41, 5.74) is -3.86. The lowest BCUT2D eigenvalue weighted by Crippen LogP contribution is -2.38. The first-order valence-corrected chi connectivity index (χ1v) is 15.7. The molecule has 0 saturated carbocycles. The molecule has 4 aromatic rings. The maximum Gasteiger partial charge on any atom is 0.416 e. The largest absolute Gasteiger partial charge is 0.467 e. The van der Waals surface area contributed by atoms with Gasteiger partial charge in [-0.05, 0) is 90.9 Å². The Morgan fingerprint density at radius 1 is 0.980 bits per heavy atom. The van der Waals surface area contributed by atoms with Crippen molar-refractivity contribution in [2.75, 3.05) is 29.5 Å². The van der Waals surface area contributed by atoms with Crippen molar-refractivity contribution in [1.29, 1.82) is 0 Å². The number of Topliss-reactive ketones (excluding diaryl/α,β-unsaturated/α-hetero) is 1. The van der Waals surface area contributed by atoms with Gasteiger partial charge in [-0.1, -0.05) is 11.2 Å². The Morgan fingerprint density at radius 2 is 1.69 bits per heavy atom. The van der Waals surface area contributed by atoms with Crippen molar-refractivity contribution in [1.82, 2.24) is 20.2 Å². The van der Waals surface area contributed by atoms with Crippen LogP contribution in [0.25, 0.3) is 0 Å². The summed E-state index contributed by atoms with van der Waals surface area (Å²) in [5.74, 6) is -0.0272. The minimum absolute atomic E-state index is 0.0109. The first kappa shape index (κ1) is 37.6. The van der Waals surface area contributed by atoms with Gasteiger partial charge in [0.1, 0.15) is 19.0 Å². The van der Waals surface area contributed by atoms with E-state index in [0.717, 1.165) is 10.9 Å². The van der Waals surface area contributed by atoms with Crippen molar-refractivity contribution in [3.05, 3.63) is 87.9 Å². The second-order valence-electron chi connectivity index (χ2n) is 12.3. The molecule has 51 heavy (non-hydrogen) atoms. The molecule has 1 atom stereocenters. The highest BCUT2D eigenvalue weighted by atomic mass is 19.4. The normalized spacial score (nSPS) is 16.0. The van der Waals surface area contributed by atoms with Crippen LogP contribution < -0.4 is 9.80 Å². The Morgan fingerprint density at radius 3 is 2.27 bits per heavy atom. The van der Waals surface area contributed by atoms with Crippen LogP contribution in [0, 0.1) is 6.92 Å². The van der Waals surface area contributed by atoms with E-state index in [2.05, 4.69) is 15.4 Å². The highest BCUT2D eigenvalue weighted by molar-refractivity contribution is 5.85. The summed E-state index contributed by atoms with van der Waals surface area (Å²) in [5, 5.41) is 12.0. The standard InChI is InChI=1S/C33H33F9N6O3/c1-20-10-22-13-25(48(30-43-45-46(2)44-30)16-21-11-23(31(34,35)36)14-24(12-21)32(37,38)39)6-3-4-8-47(29(22)15-28(20)33(40,41)42)17-26(49)18-50-19-27-7-5-9-51-27/h5,7,9-12,14-15,25H,3-4,6,8,13,16-19H2,1-2H3. The molecule has 18 heteroatoms. The summed E-state index contributed by atoms with van der Waals surface area (Å²) in [6.45, 7) is 0.346. The van der Waals surface area contributed by atoms with Crippen molar-refractivity contribution in [3.8, 4) is 0 Å². The van der Waals surface area contributed by atoms with E-state index in [1.54, 1.807) is 12.1 Å². The molecule has 3 heterocycles. The first-order valence-electron chi connectivity index (χ1n) is 15.7. The third kappa shape index (κ3) is 9.59. The fraction of sp³-hybridized carbons (Fsp3) is 0.455. The van der Waals surface area contributed by atoms with Crippen molar-refractivity contribution in [2.45, 2.75) is 70.3 Å². The van der Waals surface area contributed by atoms with E-state index in [0.29, 0.717) is 42.7 Å². The van der Waals surface area contributed by atoms with Gasteiger partial charge in [-0.25, -0.2) is 0 Å². The Balaban J connectivity index is 1.52. The van der Waals surface area contributed by atoms with Crippen LogP contribution in [0.1, 0.15) is 58.4 Å². The number of carbonyl (C=O) groups is 1. The highest BCUT2D eigenvalue weighted by Crippen LogP contribution is 2.40. The number of fused-ring (bicyclic) bond motifs is 1. The van der Waals surface area contributed by atoms with Crippen molar-refractivity contribution in [2.24, 2.45) is 7.05 Å². The molecule has 0 fully saturated rings. The fourth-order valence-corrected chi connectivity index (χ4v) is 6.09. The average Bonchev–Trinajstić information content (AvgIpc) is 3.72. The molecule has 0 saturated heterocycles. The number of alkyl halides is 9. The minimum atomic E-state index is -5.08. The monoisotopic (exact) mass is 732 g/mol. The summed E-state index contributed by atoms with van der Waals surface area (Å²) in [6, 6.07) is 6.15. The van der Waals surface area contributed by atoms with Gasteiger partial charge in [-0.3, -0.25) is 4.79 Å². The number of rotatable bonds is 10.